The summed E-state index contributed by atoms with van der Waals surface area (Å²) in [5.41, 5.74) is 0. The molecule has 0 aromatic heterocycles. The topological polar surface area (TPSA) is 20.2 Å². The predicted molar refractivity (Wildman–Crippen MR) is 53.1 cm³/mol. The Kier molecular flexibility index (Phi) is 4.44. The Labute approximate surface area is 82.1 Å². The summed E-state index contributed by atoms with van der Waals surface area (Å²) in [6, 6.07) is -3.09. The average Bonchev–Trinajstić information content (AvgIpc) is 1.86. The highest BCUT2D eigenvalue weighted by Crippen LogP contribution is 2.37. The molecule has 0 aromatic carbocycles. The monoisotopic (exact) mass is 231 g/mol. The Morgan fingerprint density at radius 3 is 2.00 bits per heavy atom. The van der Waals surface area contributed by atoms with Crippen LogP contribution in [0.4, 0.5) is 0 Å². The van der Waals surface area contributed by atoms with Crippen LogP contribution in [-0.2, 0) is 0 Å². The van der Waals surface area contributed by atoms with Crippen LogP contribution in [0.5, 0.6) is 0 Å². The second kappa shape index (κ2) is 4.15. The summed E-state index contributed by atoms with van der Waals surface area (Å²) in [5, 5.41) is 8.42. The molecule has 1 nitrogen and oxygen atoms in total. The first-order valence-corrected chi connectivity index (χ1v) is 8.10. The van der Waals surface area contributed by atoms with Gasteiger partial charge >= 0.3 is 6.00 Å². The van der Waals surface area contributed by atoms with Gasteiger partial charge in [0.15, 0.2) is 0 Å². The molecular weight excluding hydrogens is 223 g/mol. The maximum absolute atomic E-state index is 9.69. The number of hydrogen-bond acceptors (Lipinski definition) is 1. The summed E-state index contributed by atoms with van der Waals surface area (Å²) < 4.78 is 0. The molecule has 0 bridgehead atoms. The van der Waals surface area contributed by atoms with Crippen molar-refractivity contribution in [3.8, 4) is 0 Å². The van der Waals surface area contributed by atoms with E-state index in [4.69, 9.17) is 33.2 Å². The van der Waals surface area contributed by atoms with Crippen molar-refractivity contribution in [3.63, 3.8) is 0 Å². The number of hydrogen-bond donors (Lipinski definition) is 1. The van der Waals surface area contributed by atoms with Crippen molar-refractivity contribution < 1.29 is 5.11 Å². The van der Waals surface area contributed by atoms with Crippen LogP contribution in [0.2, 0.25) is 0 Å². The van der Waals surface area contributed by atoms with Crippen molar-refractivity contribution in [1.29, 1.82) is 0 Å². The van der Waals surface area contributed by atoms with Gasteiger partial charge in [0, 0.05) is 0 Å². The zero-order valence-electron chi connectivity index (χ0n) is 5.99. The molecule has 0 saturated heterocycles. The van der Waals surface area contributed by atoms with E-state index in [0.717, 1.165) is 0 Å². The van der Waals surface area contributed by atoms with Crippen LogP contribution in [0.15, 0.2) is 12.7 Å². The third-order valence-electron chi connectivity index (χ3n) is 1.42. The van der Waals surface area contributed by atoms with Gasteiger partial charge in [0.1, 0.15) is 5.22 Å². The van der Waals surface area contributed by atoms with Gasteiger partial charge in [-0.25, -0.2) is 0 Å². The molecule has 0 saturated carbocycles. The van der Waals surface area contributed by atoms with E-state index in [-0.39, 0.29) is 12.8 Å². The lowest BCUT2D eigenvalue weighted by molar-refractivity contribution is 0.129. The normalized spacial score (nSPS) is 17.5. The summed E-state index contributed by atoms with van der Waals surface area (Å²) in [7, 11) is 0. The van der Waals surface area contributed by atoms with Gasteiger partial charge in [-0.1, -0.05) is 13.0 Å². The van der Waals surface area contributed by atoms with Crippen LogP contribution in [-0.4, -0.2) is 16.3 Å². The highest BCUT2D eigenvalue weighted by Gasteiger charge is 2.48. The van der Waals surface area contributed by atoms with Crippen LogP contribution in [0.3, 0.4) is 0 Å². The third kappa shape index (κ3) is 2.96. The van der Waals surface area contributed by atoms with E-state index in [2.05, 4.69) is 13.5 Å². The van der Waals surface area contributed by atoms with Gasteiger partial charge in [0.05, 0.1) is 0 Å². The fraction of sp³-hybridized carbons (Fsp3) is 0.500. The Bertz CT molecular complexity index is 145. The van der Waals surface area contributed by atoms with Crippen LogP contribution >= 0.6 is 33.2 Å². The van der Waals surface area contributed by atoms with Crippen molar-refractivity contribution in [3.05, 3.63) is 19.6 Å². The van der Waals surface area contributed by atoms with Crippen molar-refractivity contribution in [2.75, 3.05) is 0 Å². The summed E-state index contributed by atoms with van der Waals surface area (Å²) in [6.07, 6.45) is 2.00. The standard InChI is InChI=1S/C6H10Cl3OSi/c1-3-5-6(10,4-2)11(7,8)9/h3,10H,1-2,4-5H2. The zero-order chi connectivity index (χ0) is 9.12. The fourth-order valence-corrected chi connectivity index (χ4v) is 2.80. The molecule has 1 atom stereocenters. The molecule has 1 unspecified atom stereocenters. The van der Waals surface area contributed by atoms with Crippen LogP contribution in [0.25, 0.3) is 0 Å². The molecule has 0 aliphatic carbocycles. The van der Waals surface area contributed by atoms with E-state index in [1.165, 1.54) is 6.08 Å². The number of halogens is 3. The summed E-state index contributed by atoms with van der Waals surface area (Å²) in [6.45, 7) is 6.99. The lowest BCUT2D eigenvalue weighted by Gasteiger charge is -2.30. The minimum absolute atomic E-state index is 0.196. The molecule has 1 N–H and O–H groups in total. The predicted octanol–water partition coefficient (Wildman–Crippen LogP) is 2.71. The van der Waals surface area contributed by atoms with Gasteiger partial charge < -0.3 is 5.11 Å². The van der Waals surface area contributed by atoms with Gasteiger partial charge in [-0.05, 0) is 12.8 Å². The van der Waals surface area contributed by atoms with Crippen LogP contribution in [0, 0.1) is 6.92 Å². The van der Waals surface area contributed by atoms with Crippen LogP contribution < -0.4 is 0 Å². The number of aliphatic hydroxyl groups is 1. The SMILES string of the molecule is [CH2]CC(O)(CC=C)[Si](Cl)(Cl)Cl. The first-order valence-electron chi connectivity index (χ1n) is 3.06. The summed E-state index contributed by atoms with van der Waals surface area (Å²) in [4.78, 5) is 0. The molecule has 0 aliphatic rings. The molecule has 5 heteroatoms. The Hall–Kier alpha value is 0.787. The Morgan fingerprint density at radius 1 is 1.45 bits per heavy atom. The maximum atomic E-state index is 9.69. The molecule has 11 heavy (non-hydrogen) atoms. The van der Waals surface area contributed by atoms with E-state index < -0.39 is 11.2 Å². The van der Waals surface area contributed by atoms with Crippen molar-refractivity contribution in [1.82, 2.24) is 0 Å². The third-order valence-corrected chi connectivity index (χ3v) is 6.10. The molecule has 0 spiro atoms. The molecule has 0 fully saturated rings. The lowest BCUT2D eigenvalue weighted by Crippen LogP contribution is -2.46. The van der Waals surface area contributed by atoms with Crippen LogP contribution in [0.1, 0.15) is 12.8 Å². The largest absolute Gasteiger partial charge is 0.389 e. The molecule has 1 radical (unpaired) electrons. The van der Waals surface area contributed by atoms with Gasteiger partial charge in [0.25, 0.3) is 0 Å². The molecule has 65 valence electrons. The molecule has 0 heterocycles. The average molecular weight is 233 g/mol. The second-order valence-corrected chi connectivity index (χ2v) is 11.0. The maximum Gasteiger partial charge on any atom is 0.372 e. The lowest BCUT2D eigenvalue weighted by atomic mass is 10.2. The minimum atomic E-state index is -3.09. The zero-order valence-corrected chi connectivity index (χ0v) is 9.25. The Morgan fingerprint density at radius 2 is 1.91 bits per heavy atom. The second-order valence-electron chi connectivity index (χ2n) is 2.27. The molecule has 0 amide bonds. The fourth-order valence-electron chi connectivity index (χ4n) is 0.598. The molecular formula is C6H10Cl3OSi. The smallest absolute Gasteiger partial charge is 0.372 e. The van der Waals surface area contributed by atoms with E-state index in [1.54, 1.807) is 0 Å². The van der Waals surface area contributed by atoms with E-state index >= 15 is 0 Å². The quantitative estimate of drug-likeness (QED) is 0.449. The molecule has 0 aromatic rings. The van der Waals surface area contributed by atoms with E-state index in [1.807, 2.05) is 0 Å². The van der Waals surface area contributed by atoms with Gasteiger partial charge in [0.2, 0.25) is 0 Å². The first-order chi connectivity index (χ1) is 4.87. The van der Waals surface area contributed by atoms with E-state index in [9.17, 15) is 5.11 Å². The van der Waals surface area contributed by atoms with Crippen molar-refractivity contribution in [2.45, 2.75) is 18.1 Å². The first kappa shape index (κ1) is 11.8. The van der Waals surface area contributed by atoms with Crippen molar-refractivity contribution in [2.24, 2.45) is 0 Å². The summed E-state index contributed by atoms with van der Waals surface area (Å²) in [5.74, 6) is 0. The van der Waals surface area contributed by atoms with Gasteiger partial charge in [-0.3, -0.25) is 0 Å². The summed E-state index contributed by atoms with van der Waals surface area (Å²) >= 11 is 17.0. The van der Waals surface area contributed by atoms with E-state index in [0.29, 0.717) is 0 Å². The highest BCUT2D eigenvalue weighted by molar-refractivity contribution is 7.65. The van der Waals surface area contributed by atoms with Gasteiger partial charge in [-0.15, -0.1) is 39.8 Å². The highest BCUT2D eigenvalue weighted by atomic mass is 35.8. The van der Waals surface area contributed by atoms with Gasteiger partial charge in [-0.2, -0.15) is 0 Å². The number of rotatable bonds is 4. The molecule has 0 rings (SSSR count). The molecule has 0 aliphatic heterocycles. The minimum Gasteiger partial charge on any atom is -0.389 e. The van der Waals surface area contributed by atoms with Crippen molar-refractivity contribution >= 4 is 39.2 Å². The Balaban J connectivity index is 4.45.